The molecule has 0 saturated carbocycles. The first kappa shape index (κ1) is 19.8. The van der Waals surface area contributed by atoms with E-state index in [1.54, 1.807) is 26.4 Å². The predicted molar refractivity (Wildman–Crippen MR) is 114 cm³/mol. The zero-order valence-electron chi connectivity index (χ0n) is 16.6. The molecule has 1 heterocycles. The number of halogens is 1. The molecule has 2 N–H and O–H groups in total. The van der Waals surface area contributed by atoms with Crippen molar-refractivity contribution in [1.29, 1.82) is 0 Å². The van der Waals surface area contributed by atoms with E-state index >= 15 is 0 Å². The fraction of sp³-hybridized carbons (Fsp3) is 0.238. The van der Waals surface area contributed by atoms with E-state index in [9.17, 15) is 0 Å². The summed E-state index contributed by atoms with van der Waals surface area (Å²) in [7, 11) is 3.14. The summed E-state index contributed by atoms with van der Waals surface area (Å²) >= 11 is 6.18. The van der Waals surface area contributed by atoms with Gasteiger partial charge in [-0.2, -0.15) is 4.98 Å². The number of methoxy groups -OCH3 is 2. The second kappa shape index (κ2) is 8.35. The summed E-state index contributed by atoms with van der Waals surface area (Å²) in [6.07, 6.45) is 0. The standard InChI is InChI=1S/C21H23ClN4O2/c1-12-7-6-8-16(14(12)3)24-20-9-13(2)23-21(26-20)25-17-11-18(27-4)15(22)10-19(17)28-5/h6-11H,1-5H3,(H2,23,24,25,26). The van der Waals surface area contributed by atoms with Crippen molar-refractivity contribution in [2.75, 3.05) is 24.9 Å². The fourth-order valence-electron chi connectivity index (χ4n) is 2.79. The van der Waals surface area contributed by atoms with Crippen molar-refractivity contribution in [2.24, 2.45) is 0 Å². The SMILES string of the molecule is COc1cc(Nc2nc(C)cc(Nc3cccc(C)c3C)n2)c(OC)cc1Cl. The third kappa shape index (κ3) is 4.28. The number of benzene rings is 2. The van der Waals surface area contributed by atoms with Gasteiger partial charge in [0.25, 0.3) is 0 Å². The maximum absolute atomic E-state index is 6.18. The van der Waals surface area contributed by atoms with Crippen LogP contribution in [0.2, 0.25) is 5.02 Å². The smallest absolute Gasteiger partial charge is 0.229 e. The van der Waals surface area contributed by atoms with Crippen molar-refractivity contribution < 1.29 is 9.47 Å². The van der Waals surface area contributed by atoms with Crippen molar-refractivity contribution in [3.63, 3.8) is 0 Å². The quantitative estimate of drug-likeness (QED) is 0.566. The van der Waals surface area contributed by atoms with E-state index in [2.05, 4.69) is 40.5 Å². The lowest BCUT2D eigenvalue weighted by Crippen LogP contribution is -2.04. The van der Waals surface area contributed by atoms with Crippen LogP contribution in [0.1, 0.15) is 16.8 Å². The third-order valence-corrected chi connectivity index (χ3v) is 4.74. The van der Waals surface area contributed by atoms with Gasteiger partial charge in [-0.25, -0.2) is 4.98 Å². The molecule has 0 aliphatic rings. The number of nitrogens with one attached hydrogen (secondary N) is 2. The molecule has 3 aromatic rings. The minimum Gasteiger partial charge on any atom is -0.495 e. The fourth-order valence-corrected chi connectivity index (χ4v) is 3.02. The number of hydrogen-bond acceptors (Lipinski definition) is 6. The van der Waals surface area contributed by atoms with E-state index in [0.29, 0.717) is 34.0 Å². The monoisotopic (exact) mass is 398 g/mol. The molecule has 0 saturated heterocycles. The van der Waals surface area contributed by atoms with Crippen molar-refractivity contribution in [1.82, 2.24) is 9.97 Å². The normalized spacial score (nSPS) is 10.5. The molecule has 2 aromatic carbocycles. The van der Waals surface area contributed by atoms with Crippen LogP contribution in [0.4, 0.5) is 23.1 Å². The van der Waals surface area contributed by atoms with Crippen LogP contribution >= 0.6 is 11.6 Å². The van der Waals surface area contributed by atoms with Gasteiger partial charge < -0.3 is 20.1 Å². The van der Waals surface area contributed by atoms with E-state index in [0.717, 1.165) is 11.4 Å². The van der Waals surface area contributed by atoms with Gasteiger partial charge >= 0.3 is 0 Å². The molecule has 6 nitrogen and oxygen atoms in total. The van der Waals surface area contributed by atoms with Crippen LogP contribution in [0.15, 0.2) is 36.4 Å². The molecule has 0 bridgehead atoms. The maximum Gasteiger partial charge on any atom is 0.229 e. The molecule has 0 unspecified atom stereocenters. The Morgan fingerprint density at radius 1 is 0.857 bits per heavy atom. The van der Waals surface area contributed by atoms with E-state index in [4.69, 9.17) is 21.1 Å². The number of aryl methyl sites for hydroxylation is 2. The van der Waals surface area contributed by atoms with Crippen LogP contribution in [0.25, 0.3) is 0 Å². The van der Waals surface area contributed by atoms with Gasteiger partial charge in [-0.05, 0) is 38.0 Å². The van der Waals surface area contributed by atoms with Crippen LogP contribution < -0.4 is 20.1 Å². The lowest BCUT2D eigenvalue weighted by Gasteiger charge is -2.15. The Hall–Kier alpha value is -2.99. The Labute approximate surface area is 169 Å². The van der Waals surface area contributed by atoms with Crippen molar-refractivity contribution in [3.8, 4) is 11.5 Å². The van der Waals surface area contributed by atoms with E-state index in [1.807, 2.05) is 25.1 Å². The van der Waals surface area contributed by atoms with Crippen LogP contribution in [0.5, 0.6) is 11.5 Å². The molecule has 0 spiro atoms. The van der Waals surface area contributed by atoms with Gasteiger partial charge in [-0.3, -0.25) is 0 Å². The molecule has 0 aliphatic carbocycles. The number of rotatable bonds is 6. The molecule has 0 atom stereocenters. The van der Waals surface area contributed by atoms with E-state index < -0.39 is 0 Å². The molecule has 1 aromatic heterocycles. The highest BCUT2D eigenvalue weighted by molar-refractivity contribution is 6.32. The van der Waals surface area contributed by atoms with E-state index in [1.165, 1.54) is 11.1 Å². The Kier molecular flexibility index (Phi) is 5.90. The zero-order valence-corrected chi connectivity index (χ0v) is 17.3. The molecular formula is C21H23ClN4O2. The number of nitrogens with zero attached hydrogens (tertiary/aromatic N) is 2. The minimum absolute atomic E-state index is 0.440. The summed E-state index contributed by atoms with van der Waals surface area (Å²) in [5.41, 5.74) is 4.89. The van der Waals surface area contributed by atoms with Gasteiger partial charge in [0, 0.05) is 29.6 Å². The van der Waals surface area contributed by atoms with Gasteiger partial charge in [0.05, 0.1) is 24.9 Å². The molecule has 7 heteroatoms. The Balaban J connectivity index is 1.93. The van der Waals surface area contributed by atoms with Crippen molar-refractivity contribution >= 4 is 34.7 Å². The summed E-state index contributed by atoms with van der Waals surface area (Å²) < 4.78 is 10.7. The summed E-state index contributed by atoms with van der Waals surface area (Å²) in [4.78, 5) is 9.06. The highest BCUT2D eigenvalue weighted by Gasteiger charge is 2.12. The van der Waals surface area contributed by atoms with Crippen LogP contribution in [-0.4, -0.2) is 24.2 Å². The first-order valence-electron chi connectivity index (χ1n) is 8.78. The van der Waals surface area contributed by atoms with Crippen molar-refractivity contribution in [3.05, 3.63) is 58.2 Å². The van der Waals surface area contributed by atoms with E-state index in [-0.39, 0.29) is 0 Å². The summed E-state index contributed by atoms with van der Waals surface area (Å²) in [5.74, 6) is 2.24. The molecule has 28 heavy (non-hydrogen) atoms. The van der Waals surface area contributed by atoms with Crippen molar-refractivity contribution in [2.45, 2.75) is 20.8 Å². The maximum atomic E-state index is 6.18. The highest BCUT2D eigenvalue weighted by atomic mass is 35.5. The second-order valence-corrected chi connectivity index (χ2v) is 6.81. The summed E-state index contributed by atoms with van der Waals surface area (Å²) in [6.45, 7) is 6.08. The molecule has 0 amide bonds. The number of anilines is 4. The average Bonchev–Trinajstić information content (AvgIpc) is 2.66. The van der Waals surface area contributed by atoms with Gasteiger partial charge in [0.1, 0.15) is 17.3 Å². The van der Waals surface area contributed by atoms with Crippen LogP contribution in [-0.2, 0) is 0 Å². The first-order chi connectivity index (χ1) is 13.4. The average molecular weight is 399 g/mol. The van der Waals surface area contributed by atoms with Gasteiger partial charge in [0.2, 0.25) is 5.95 Å². The molecule has 146 valence electrons. The van der Waals surface area contributed by atoms with Gasteiger partial charge in [-0.1, -0.05) is 23.7 Å². The lowest BCUT2D eigenvalue weighted by molar-refractivity contribution is 0.405. The number of hydrogen-bond donors (Lipinski definition) is 2. The second-order valence-electron chi connectivity index (χ2n) is 6.40. The molecular weight excluding hydrogens is 376 g/mol. The van der Waals surface area contributed by atoms with Gasteiger partial charge in [0.15, 0.2) is 0 Å². The highest BCUT2D eigenvalue weighted by Crippen LogP contribution is 2.37. The number of aromatic nitrogens is 2. The third-order valence-electron chi connectivity index (χ3n) is 4.44. The largest absolute Gasteiger partial charge is 0.495 e. The van der Waals surface area contributed by atoms with Crippen LogP contribution in [0.3, 0.4) is 0 Å². The Bertz CT molecular complexity index is 1010. The molecule has 3 rings (SSSR count). The first-order valence-corrected chi connectivity index (χ1v) is 9.16. The van der Waals surface area contributed by atoms with Crippen LogP contribution in [0, 0.1) is 20.8 Å². The number of ether oxygens (including phenoxy) is 2. The van der Waals surface area contributed by atoms with Gasteiger partial charge in [-0.15, -0.1) is 0 Å². The summed E-state index contributed by atoms with van der Waals surface area (Å²) in [5, 5.41) is 7.03. The Morgan fingerprint density at radius 3 is 2.32 bits per heavy atom. The molecule has 0 aliphatic heterocycles. The Morgan fingerprint density at radius 2 is 1.61 bits per heavy atom. The molecule has 0 radical (unpaired) electrons. The molecule has 0 fully saturated rings. The minimum atomic E-state index is 0.440. The predicted octanol–water partition coefficient (Wildman–Crippen LogP) is 5.56. The topological polar surface area (TPSA) is 68.3 Å². The lowest BCUT2D eigenvalue weighted by atomic mass is 10.1. The zero-order chi connectivity index (χ0) is 20.3. The summed E-state index contributed by atoms with van der Waals surface area (Å²) in [6, 6.07) is 11.5.